The highest BCUT2D eigenvalue weighted by Crippen LogP contribution is 2.20. The molecule has 2 rings (SSSR count). The van der Waals surface area contributed by atoms with Crippen molar-refractivity contribution in [2.24, 2.45) is 0 Å². The van der Waals surface area contributed by atoms with Crippen LogP contribution in [-0.2, 0) is 17.7 Å². The van der Waals surface area contributed by atoms with Crippen molar-refractivity contribution in [1.29, 1.82) is 0 Å². The molecule has 0 spiro atoms. The minimum atomic E-state index is 0.550. The second kappa shape index (κ2) is 7.46. The van der Waals surface area contributed by atoms with Crippen LogP contribution in [0.5, 0.6) is 5.88 Å². The first-order chi connectivity index (χ1) is 9.31. The van der Waals surface area contributed by atoms with Crippen LogP contribution < -0.4 is 10.1 Å². The first kappa shape index (κ1) is 14.3. The topological polar surface area (TPSA) is 43.4 Å². The fraction of sp³-hybridized carbons (Fsp3) is 0.667. The summed E-state index contributed by atoms with van der Waals surface area (Å²) in [6, 6.07) is 4.94. The second-order valence-electron chi connectivity index (χ2n) is 5.05. The number of aryl methyl sites for hydroxylation is 1. The highest BCUT2D eigenvalue weighted by molar-refractivity contribution is 5.25. The van der Waals surface area contributed by atoms with Crippen LogP contribution in [0.25, 0.3) is 0 Å². The minimum Gasteiger partial charge on any atom is -0.475 e. The zero-order chi connectivity index (χ0) is 13.5. The molecule has 1 aliphatic rings. The summed E-state index contributed by atoms with van der Waals surface area (Å²) in [5, 5.41) is 3.53. The molecule has 1 N–H and O–H groups in total. The maximum absolute atomic E-state index is 5.63. The van der Waals surface area contributed by atoms with Crippen molar-refractivity contribution < 1.29 is 9.47 Å². The lowest BCUT2D eigenvalue weighted by molar-refractivity contribution is 0.143. The lowest BCUT2D eigenvalue weighted by atomic mass is 10.1. The van der Waals surface area contributed by atoms with E-state index in [1.807, 2.05) is 6.07 Å². The fourth-order valence-electron chi connectivity index (χ4n) is 1.96. The largest absolute Gasteiger partial charge is 0.475 e. The van der Waals surface area contributed by atoms with Gasteiger partial charge in [-0.1, -0.05) is 13.3 Å². The average Bonchev–Trinajstić information content (AvgIpc) is 3.21. The van der Waals surface area contributed by atoms with E-state index in [0.29, 0.717) is 13.2 Å². The Morgan fingerprint density at radius 2 is 2.16 bits per heavy atom. The Balaban J connectivity index is 1.97. The SMILES string of the molecule is CCCc1cc(CNC2CC2)cc(OCCOC)n1. The Morgan fingerprint density at radius 3 is 2.84 bits per heavy atom. The van der Waals surface area contributed by atoms with Gasteiger partial charge in [0.1, 0.15) is 6.61 Å². The average molecular weight is 264 g/mol. The molecule has 1 saturated carbocycles. The smallest absolute Gasteiger partial charge is 0.213 e. The molecule has 0 aliphatic heterocycles. The lowest BCUT2D eigenvalue weighted by Gasteiger charge is -2.10. The summed E-state index contributed by atoms with van der Waals surface area (Å²) in [5.41, 5.74) is 2.38. The van der Waals surface area contributed by atoms with Crippen molar-refractivity contribution in [3.05, 3.63) is 23.4 Å². The number of aromatic nitrogens is 1. The number of nitrogens with one attached hydrogen (secondary N) is 1. The molecule has 19 heavy (non-hydrogen) atoms. The normalized spacial score (nSPS) is 14.6. The van der Waals surface area contributed by atoms with E-state index < -0.39 is 0 Å². The summed E-state index contributed by atoms with van der Waals surface area (Å²) < 4.78 is 10.6. The molecule has 0 atom stereocenters. The highest BCUT2D eigenvalue weighted by Gasteiger charge is 2.20. The summed E-state index contributed by atoms with van der Waals surface area (Å²) in [5.74, 6) is 0.718. The Labute approximate surface area is 115 Å². The van der Waals surface area contributed by atoms with Gasteiger partial charge in [-0.05, 0) is 30.9 Å². The standard InChI is InChI=1S/C15H24N2O2/c1-3-4-14-9-12(11-16-13-5-6-13)10-15(17-14)19-8-7-18-2/h9-10,13,16H,3-8,11H2,1-2H3. The monoisotopic (exact) mass is 264 g/mol. The van der Waals surface area contributed by atoms with E-state index in [1.54, 1.807) is 7.11 Å². The van der Waals surface area contributed by atoms with Gasteiger partial charge in [0.25, 0.3) is 0 Å². The molecule has 106 valence electrons. The molecule has 0 saturated heterocycles. The first-order valence-electron chi connectivity index (χ1n) is 7.16. The molecule has 0 radical (unpaired) electrons. The van der Waals surface area contributed by atoms with Gasteiger partial charge < -0.3 is 14.8 Å². The first-order valence-corrected chi connectivity index (χ1v) is 7.16. The van der Waals surface area contributed by atoms with Crippen molar-refractivity contribution in [2.45, 2.75) is 45.2 Å². The van der Waals surface area contributed by atoms with E-state index in [-0.39, 0.29) is 0 Å². The lowest BCUT2D eigenvalue weighted by Crippen LogP contribution is -2.16. The minimum absolute atomic E-state index is 0.550. The van der Waals surface area contributed by atoms with Crippen LogP contribution in [0.15, 0.2) is 12.1 Å². The van der Waals surface area contributed by atoms with Crippen LogP contribution in [0.4, 0.5) is 0 Å². The maximum atomic E-state index is 5.63. The van der Waals surface area contributed by atoms with Gasteiger partial charge in [-0.2, -0.15) is 0 Å². The zero-order valence-corrected chi connectivity index (χ0v) is 11.9. The van der Waals surface area contributed by atoms with Gasteiger partial charge in [0.2, 0.25) is 5.88 Å². The van der Waals surface area contributed by atoms with Crippen LogP contribution in [0.1, 0.15) is 37.4 Å². The van der Waals surface area contributed by atoms with Crippen molar-refractivity contribution in [1.82, 2.24) is 10.3 Å². The number of hydrogen-bond donors (Lipinski definition) is 1. The molecule has 0 aromatic carbocycles. The third kappa shape index (κ3) is 5.17. The van der Waals surface area contributed by atoms with Crippen LogP contribution >= 0.6 is 0 Å². The van der Waals surface area contributed by atoms with Crippen molar-refractivity contribution in [2.75, 3.05) is 20.3 Å². The van der Waals surface area contributed by atoms with Crippen LogP contribution in [0.3, 0.4) is 0 Å². The summed E-state index contributed by atoms with van der Waals surface area (Å²) in [6.07, 6.45) is 4.72. The summed E-state index contributed by atoms with van der Waals surface area (Å²) in [4.78, 5) is 4.53. The molecule has 4 nitrogen and oxygen atoms in total. The van der Waals surface area contributed by atoms with Gasteiger partial charge in [-0.3, -0.25) is 0 Å². The number of pyridine rings is 1. The number of nitrogens with zero attached hydrogens (tertiary/aromatic N) is 1. The van der Waals surface area contributed by atoms with Gasteiger partial charge in [0.15, 0.2) is 0 Å². The van der Waals surface area contributed by atoms with E-state index in [2.05, 4.69) is 23.3 Å². The second-order valence-corrected chi connectivity index (χ2v) is 5.05. The van der Waals surface area contributed by atoms with Gasteiger partial charge in [-0.25, -0.2) is 4.98 Å². The Hall–Kier alpha value is -1.13. The molecule has 1 heterocycles. The summed E-state index contributed by atoms with van der Waals surface area (Å²) in [6.45, 7) is 4.22. The Bertz CT molecular complexity index is 392. The number of rotatable bonds is 9. The van der Waals surface area contributed by atoms with Crippen LogP contribution in [0.2, 0.25) is 0 Å². The van der Waals surface area contributed by atoms with E-state index in [4.69, 9.17) is 9.47 Å². The van der Waals surface area contributed by atoms with Gasteiger partial charge in [0.05, 0.1) is 6.61 Å². The molecule has 1 aromatic heterocycles. The molecule has 1 aromatic rings. The predicted molar refractivity (Wildman–Crippen MR) is 75.5 cm³/mol. The van der Waals surface area contributed by atoms with E-state index in [0.717, 1.165) is 37.0 Å². The fourth-order valence-corrected chi connectivity index (χ4v) is 1.96. The van der Waals surface area contributed by atoms with Crippen molar-refractivity contribution in [3.63, 3.8) is 0 Å². The van der Waals surface area contributed by atoms with Crippen LogP contribution in [-0.4, -0.2) is 31.3 Å². The number of hydrogen-bond acceptors (Lipinski definition) is 4. The van der Waals surface area contributed by atoms with E-state index in [9.17, 15) is 0 Å². The number of methoxy groups -OCH3 is 1. The zero-order valence-electron chi connectivity index (χ0n) is 11.9. The van der Waals surface area contributed by atoms with Crippen molar-refractivity contribution >= 4 is 0 Å². The van der Waals surface area contributed by atoms with Gasteiger partial charge in [0, 0.05) is 31.5 Å². The summed E-state index contributed by atoms with van der Waals surface area (Å²) >= 11 is 0. The Morgan fingerprint density at radius 1 is 1.32 bits per heavy atom. The molecule has 4 heteroatoms. The summed E-state index contributed by atoms with van der Waals surface area (Å²) in [7, 11) is 1.68. The third-order valence-electron chi connectivity index (χ3n) is 3.13. The van der Waals surface area contributed by atoms with Crippen molar-refractivity contribution in [3.8, 4) is 5.88 Å². The molecule has 0 unspecified atom stereocenters. The molecule has 0 bridgehead atoms. The number of ether oxygens (including phenoxy) is 2. The van der Waals surface area contributed by atoms with E-state index >= 15 is 0 Å². The molecule has 1 fully saturated rings. The van der Waals surface area contributed by atoms with Crippen LogP contribution in [0, 0.1) is 0 Å². The predicted octanol–water partition coefficient (Wildman–Crippen LogP) is 2.31. The van der Waals surface area contributed by atoms with Gasteiger partial charge >= 0.3 is 0 Å². The molecular weight excluding hydrogens is 240 g/mol. The van der Waals surface area contributed by atoms with Gasteiger partial charge in [-0.15, -0.1) is 0 Å². The highest BCUT2D eigenvalue weighted by atomic mass is 16.5. The molecule has 0 amide bonds. The third-order valence-corrected chi connectivity index (χ3v) is 3.13. The maximum Gasteiger partial charge on any atom is 0.213 e. The molecule has 1 aliphatic carbocycles. The quantitative estimate of drug-likeness (QED) is 0.695. The molecular formula is C15H24N2O2. The van der Waals surface area contributed by atoms with E-state index in [1.165, 1.54) is 18.4 Å². The Kier molecular flexibility index (Phi) is 5.61.